The van der Waals surface area contributed by atoms with E-state index in [1.807, 2.05) is 0 Å². The molecule has 0 amide bonds. The first kappa shape index (κ1) is 18.3. The number of Topliss-reactive ketones (excluding diaryl/α,β-unsaturated/α-hetero) is 2. The molecule has 22 heavy (non-hydrogen) atoms. The molecule has 0 bridgehead atoms. The van der Waals surface area contributed by atoms with Crippen molar-refractivity contribution in [3.63, 3.8) is 0 Å². The van der Waals surface area contributed by atoms with Crippen LogP contribution in [0.25, 0.3) is 0 Å². The Morgan fingerprint density at radius 1 is 0.909 bits per heavy atom. The molecule has 1 aliphatic rings. The van der Waals surface area contributed by atoms with Crippen molar-refractivity contribution in [1.82, 2.24) is 0 Å². The van der Waals surface area contributed by atoms with Crippen LogP contribution in [0.4, 0.5) is 0 Å². The van der Waals surface area contributed by atoms with Gasteiger partial charge in [-0.05, 0) is 11.8 Å². The molecule has 1 saturated carbocycles. The van der Waals surface area contributed by atoms with Crippen LogP contribution in [0.2, 0.25) is 0 Å². The third kappa shape index (κ3) is 4.64. The normalized spacial score (nSPS) is 24.5. The number of ketones is 2. The molecule has 6 nitrogen and oxygen atoms in total. The first-order valence-corrected chi connectivity index (χ1v) is 7.49. The van der Waals surface area contributed by atoms with Crippen LogP contribution in [0.5, 0.6) is 0 Å². The summed E-state index contributed by atoms with van der Waals surface area (Å²) in [6.07, 6.45) is 0.519. The number of methoxy groups -OCH3 is 2. The van der Waals surface area contributed by atoms with E-state index in [0.717, 1.165) is 0 Å². The van der Waals surface area contributed by atoms with Crippen LogP contribution in [0, 0.1) is 23.7 Å². The van der Waals surface area contributed by atoms with Crippen molar-refractivity contribution in [2.75, 3.05) is 14.2 Å². The topological polar surface area (TPSA) is 86.7 Å². The van der Waals surface area contributed by atoms with Gasteiger partial charge in [-0.1, -0.05) is 13.8 Å². The van der Waals surface area contributed by atoms with Gasteiger partial charge in [-0.3, -0.25) is 19.2 Å². The predicted octanol–water partition coefficient (Wildman–Crippen LogP) is 1.55. The van der Waals surface area contributed by atoms with Crippen LogP contribution in [-0.2, 0) is 28.7 Å². The number of carbonyl (C=O) groups excluding carboxylic acids is 4. The Morgan fingerprint density at radius 2 is 1.23 bits per heavy atom. The van der Waals surface area contributed by atoms with Crippen LogP contribution in [0.1, 0.15) is 39.5 Å². The van der Waals surface area contributed by atoms with E-state index < -0.39 is 11.8 Å². The van der Waals surface area contributed by atoms with E-state index in [9.17, 15) is 19.2 Å². The molecule has 0 aromatic carbocycles. The van der Waals surface area contributed by atoms with Gasteiger partial charge in [0.05, 0.1) is 14.2 Å². The minimum atomic E-state index is -0.437. The van der Waals surface area contributed by atoms with Crippen molar-refractivity contribution in [2.24, 2.45) is 23.7 Å². The zero-order valence-electron chi connectivity index (χ0n) is 13.6. The summed E-state index contributed by atoms with van der Waals surface area (Å²) in [5.74, 6) is -2.11. The summed E-state index contributed by atoms with van der Waals surface area (Å²) in [4.78, 5) is 47.2. The quantitative estimate of drug-likeness (QED) is 0.692. The van der Waals surface area contributed by atoms with Gasteiger partial charge in [-0.15, -0.1) is 0 Å². The second-order valence-corrected chi connectivity index (χ2v) is 6.07. The van der Waals surface area contributed by atoms with Gasteiger partial charge in [-0.2, -0.15) is 0 Å². The van der Waals surface area contributed by atoms with Crippen molar-refractivity contribution in [3.05, 3.63) is 0 Å². The zero-order chi connectivity index (χ0) is 16.9. The lowest BCUT2D eigenvalue weighted by molar-refractivity contribution is -0.147. The molecule has 124 valence electrons. The van der Waals surface area contributed by atoms with E-state index in [-0.39, 0.29) is 61.0 Å². The molecule has 1 fully saturated rings. The summed E-state index contributed by atoms with van der Waals surface area (Å²) in [5.41, 5.74) is 0. The fourth-order valence-corrected chi connectivity index (χ4v) is 2.98. The van der Waals surface area contributed by atoms with Crippen molar-refractivity contribution in [2.45, 2.75) is 39.5 Å². The maximum atomic E-state index is 12.3. The molecular weight excluding hydrogens is 288 g/mol. The molecular formula is C16H24O6. The van der Waals surface area contributed by atoms with Gasteiger partial charge >= 0.3 is 11.9 Å². The number of rotatable bonds is 6. The number of hydrogen-bond acceptors (Lipinski definition) is 6. The molecule has 4 atom stereocenters. The standard InChI is InChI=1S/C16H24O6/c1-9(5-15(19)21-3)11-7-14(18)12(8-13(11)17)10(2)6-16(20)22-4/h9-12H,5-8H2,1-4H3. The van der Waals surface area contributed by atoms with Gasteiger partial charge in [0.2, 0.25) is 0 Å². The molecule has 0 radical (unpaired) electrons. The Labute approximate surface area is 130 Å². The summed E-state index contributed by atoms with van der Waals surface area (Å²) in [6, 6.07) is 0. The lowest BCUT2D eigenvalue weighted by atomic mass is 9.70. The Hall–Kier alpha value is -1.72. The first-order chi connectivity index (χ1) is 10.3. The second kappa shape index (κ2) is 8.06. The minimum Gasteiger partial charge on any atom is -0.469 e. The van der Waals surface area contributed by atoms with Crippen LogP contribution in [0.3, 0.4) is 0 Å². The van der Waals surface area contributed by atoms with E-state index in [1.54, 1.807) is 13.8 Å². The maximum Gasteiger partial charge on any atom is 0.305 e. The molecule has 0 aliphatic heterocycles. The second-order valence-electron chi connectivity index (χ2n) is 6.07. The van der Waals surface area contributed by atoms with Crippen molar-refractivity contribution in [3.8, 4) is 0 Å². The van der Waals surface area contributed by atoms with Crippen LogP contribution in [-0.4, -0.2) is 37.7 Å². The summed E-state index contributed by atoms with van der Waals surface area (Å²) >= 11 is 0. The highest BCUT2D eigenvalue weighted by atomic mass is 16.5. The number of hydrogen-bond donors (Lipinski definition) is 0. The smallest absolute Gasteiger partial charge is 0.305 e. The molecule has 1 aliphatic carbocycles. The van der Waals surface area contributed by atoms with Gasteiger partial charge in [-0.25, -0.2) is 0 Å². The van der Waals surface area contributed by atoms with Crippen molar-refractivity contribution < 1.29 is 28.7 Å². The minimum absolute atomic E-state index is 0.0160. The average molecular weight is 312 g/mol. The van der Waals surface area contributed by atoms with E-state index >= 15 is 0 Å². The van der Waals surface area contributed by atoms with E-state index in [0.29, 0.717) is 0 Å². The van der Waals surface area contributed by atoms with Crippen molar-refractivity contribution in [1.29, 1.82) is 0 Å². The summed E-state index contributed by atoms with van der Waals surface area (Å²) in [7, 11) is 2.60. The summed E-state index contributed by atoms with van der Waals surface area (Å²) in [6.45, 7) is 3.57. The zero-order valence-corrected chi connectivity index (χ0v) is 13.6. The SMILES string of the molecule is COC(=O)CC(C)C1CC(=O)C(C(C)CC(=O)OC)CC1=O. The number of carbonyl (C=O) groups is 4. The molecule has 0 aromatic heterocycles. The molecule has 1 rings (SSSR count). The van der Waals surface area contributed by atoms with Crippen LogP contribution < -0.4 is 0 Å². The van der Waals surface area contributed by atoms with E-state index in [1.165, 1.54) is 14.2 Å². The highest BCUT2D eigenvalue weighted by Crippen LogP contribution is 2.34. The Bertz CT molecular complexity index is 414. The van der Waals surface area contributed by atoms with Gasteiger partial charge < -0.3 is 9.47 Å². The maximum absolute atomic E-state index is 12.3. The largest absolute Gasteiger partial charge is 0.469 e. The summed E-state index contributed by atoms with van der Waals surface area (Å²) in [5, 5.41) is 0. The third-order valence-electron chi connectivity index (χ3n) is 4.48. The molecule has 4 unspecified atom stereocenters. The van der Waals surface area contributed by atoms with Crippen molar-refractivity contribution >= 4 is 23.5 Å². The van der Waals surface area contributed by atoms with E-state index in [4.69, 9.17) is 0 Å². The highest BCUT2D eigenvalue weighted by Gasteiger charge is 2.40. The number of esters is 2. The predicted molar refractivity (Wildman–Crippen MR) is 77.8 cm³/mol. The lowest BCUT2D eigenvalue weighted by Crippen LogP contribution is -2.39. The fourth-order valence-electron chi connectivity index (χ4n) is 2.98. The molecule has 6 heteroatoms. The van der Waals surface area contributed by atoms with Gasteiger partial charge in [0.25, 0.3) is 0 Å². The Balaban J connectivity index is 2.68. The Morgan fingerprint density at radius 3 is 1.50 bits per heavy atom. The molecule has 0 spiro atoms. The van der Waals surface area contributed by atoms with Crippen LogP contribution in [0.15, 0.2) is 0 Å². The summed E-state index contributed by atoms with van der Waals surface area (Å²) < 4.78 is 9.21. The molecule has 0 aromatic rings. The van der Waals surface area contributed by atoms with Crippen LogP contribution >= 0.6 is 0 Å². The lowest BCUT2D eigenvalue weighted by Gasteiger charge is -2.32. The first-order valence-electron chi connectivity index (χ1n) is 7.49. The fraction of sp³-hybridized carbons (Fsp3) is 0.750. The third-order valence-corrected chi connectivity index (χ3v) is 4.48. The Kier molecular flexibility index (Phi) is 6.71. The molecule has 0 heterocycles. The number of ether oxygens (including phenoxy) is 2. The van der Waals surface area contributed by atoms with Gasteiger partial charge in [0.15, 0.2) is 0 Å². The monoisotopic (exact) mass is 312 g/mol. The molecule has 0 N–H and O–H groups in total. The highest BCUT2D eigenvalue weighted by molar-refractivity contribution is 5.97. The molecule has 0 saturated heterocycles. The van der Waals surface area contributed by atoms with Gasteiger partial charge in [0.1, 0.15) is 11.6 Å². The average Bonchev–Trinajstić information content (AvgIpc) is 2.48. The van der Waals surface area contributed by atoms with Gasteiger partial charge in [0, 0.05) is 37.5 Å². The van der Waals surface area contributed by atoms with E-state index in [2.05, 4.69) is 9.47 Å².